The molecular formula is C42H43ClN6O7S. The number of nitrogens with one attached hydrogen (secondary N) is 2. The van der Waals surface area contributed by atoms with Crippen molar-refractivity contribution in [2.75, 3.05) is 24.9 Å². The van der Waals surface area contributed by atoms with Crippen LogP contribution in [0.15, 0.2) is 114 Å². The van der Waals surface area contributed by atoms with Crippen molar-refractivity contribution in [1.82, 2.24) is 19.1 Å². The lowest BCUT2D eigenvalue weighted by Crippen LogP contribution is -2.30. The molecule has 57 heavy (non-hydrogen) atoms. The average Bonchev–Trinajstić information content (AvgIpc) is 3.57. The van der Waals surface area contributed by atoms with Gasteiger partial charge in [0, 0.05) is 41.6 Å². The van der Waals surface area contributed by atoms with Gasteiger partial charge in [-0.3, -0.25) is 14.8 Å². The van der Waals surface area contributed by atoms with Gasteiger partial charge in [-0.15, -0.1) is 0 Å². The zero-order valence-corrected chi connectivity index (χ0v) is 33.7. The second-order valence-electron chi connectivity index (χ2n) is 14.2. The van der Waals surface area contributed by atoms with E-state index in [4.69, 9.17) is 30.9 Å². The summed E-state index contributed by atoms with van der Waals surface area (Å²) >= 11 is 6.34. The van der Waals surface area contributed by atoms with Gasteiger partial charge in [-0.05, 0) is 91.6 Å². The molecular weight excluding hydrogens is 768 g/mol. The van der Waals surface area contributed by atoms with E-state index in [-0.39, 0.29) is 42.5 Å². The molecule has 0 aliphatic heterocycles. The summed E-state index contributed by atoms with van der Waals surface area (Å²) in [5.41, 5.74) is 2.75. The fraction of sp³-hybridized carbons (Fsp3) is 0.238. The summed E-state index contributed by atoms with van der Waals surface area (Å²) in [6.45, 7) is 5.60. The number of halogens is 1. The third-order valence-electron chi connectivity index (χ3n) is 8.68. The Labute approximate surface area is 336 Å². The number of ether oxygens (including phenoxy) is 3. The summed E-state index contributed by atoms with van der Waals surface area (Å²) < 4.78 is 49.0. The molecule has 0 saturated heterocycles. The smallest absolute Gasteiger partial charge is 0.413 e. The number of methoxy groups -OCH3 is 2. The Morgan fingerprint density at radius 3 is 2.00 bits per heavy atom. The Hall–Kier alpha value is -5.96. The van der Waals surface area contributed by atoms with E-state index in [0.29, 0.717) is 38.8 Å². The molecule has 2 aromatic heterocycles. The number of sulfonamides is 1. The fourth-order valence-corrected chi connectivity index (χ4v) is 7.78. The zero-order chi connectivity index (χ0) is 40.7. The number of nitrogens with zero attached hydrogens (tertiary/aromatic N) is 4. The molecule has 296 valence electrons. The Morgan fingerprint density at radius 1 is 0.825 bits per heavy atom. The maximum atomic E-state index is 15.0. The second kappa shape index (κ2) is 17.5. The molecule has 0 unspecified atom stereocenters. The number of amides is 2. The summed E-state index contributed by atoms with van der Waals surface area (Å²) in [7, 11) is -1.16. The molecule has 0 radical (unpaired) electrons. The number of fused-ring (bicyclic) bond motifs is 1. The molecule has 2 heterocycles. The van der Waals surface area contributed by atoms with Gasteiger partial charge in [-0.25, -0.2) is 18.2 Å². The van der Waals surface area contributed by atoms with E-state index in [1.54, 1.807) is 119 Å². The van der Waals surface area contributed by atoms with Crippen molar-refractivity contribution >= 4 is 56.0 Å². The van der Waals surface area contributed by atoms with Gasteiger partial charge in [0.25, 0.3) is 0 Å². The average molecular weight is 811 g/mol. The van der Waals surface area contributed by atoms with Crippen LogP contribution < -0.4 is 20.1 Å². The standard InChI is InChI=1S/C42H43ClN6O7S/c1-42(2,3)56-41(51)46-39-19-14-30(23-44-39)24-48-27-35-37(47-48)21-32(45-40(50)20-31-8-6-7-9-36(31)43)22-38(35)57(52,53)49(25-28-10-15-33(54-4)16-11-28)26-29-12-17-34(55-5)18-13-29/h6-19,21-23,27H,20,24-26H2,1-5H3,(H,45,50)(H,44,46,51). The Balaban J connectivity index is 1.37. The van der Waals surface area contributed by atoms with Crippen molar-refractivity contribution < 1.29 is 32.2 Å². The third kappa shape index (κ3) is 10.7. The normalized spacial score (nSPS) is 11.7. The van der Waals surface area contributed by atoms with Crippen LogP contribution in [0.4, 0.5) is 16.3 Å². The van der Waals surface area contributed by atoms with Crippen LogP contribution in [0.5, 0.6) is 11.5 Å². The number of aromatic nitrogens is 3. The molecule has 0 fully saturated rings. The second-order valence-corrected chi connectivity index (χ2v) is 16.5. The number of carbonyl (C=O) groups excluding carboxylic acids is 2. The Morgan fingerprint density at radius 2 is 1.44 bits per heavy atom. The van der Waals surface area contributed by atoms with Crippen molar-refractivity contribution in [2.45, 2.75) is 57.3 Å². The summed E-state index contributed by atoms with van der Waals surface area (Å²) in [5, 5.41) is 11.0. The van der Waals surface area contributed by atoms with Crippen molar-refractivity contribution in [3.8, 4) is 11.5 Å². The highest BCUT2D eigenvalue weighted by Gasteiger charge is 2.29. The number of benzene rings is 4. The monoisotopic (exact) mass is 810 g/mol. The molecule has 0 saturated carbocycles. The van der Waals surface area contributed by atoms with Crippen molar-refractivity contribution in [3.63, 3.8) is 0 Å². The molecule has 0 atom stereocenters. The molecule has 6 rings (SSSR count). The molecule has 2 N–H and O–H groups in total. The summed E-state index contributed by atoms with van der Waals surface area (Å²) in [4.78, 5) is 29.9. The molecule has 13 nitrogen and oxygen atoms in total. The highest BCUT2D eigenvalue weighted by atomic mass is 35.5. The Bertz CT molecular complexity index is 2420. The van der Waals surface area contributed by atoms with Crippen LogP contribution in [0.3, 0.4) is 0 Å². The van der Waals surface area contributed by atoms with Crippen LogP contribution in [0.25, 0.3) is 10.9 Å². The van der Waals surface area contributed by atoms with Crippen LogP contribution in [-0.2, 0) is 45.6 Å². The molecule has 4 aromatic carbocycles. The van der Waals surface area contributed by atoms with E-state index in [1.807, 2.05) is 24.3 Å². The van der Waals surface area contributed by atoms with E-state index in [9.17, 15) is 9.59 Å². The highest BCUT2D eigenvalue weighted by Crippen LogP contribution is 2.32. The number of anilines is 2. The summed E-state index contributed by atoms with van der Waals surface area (Å²) in [5.74, 6) is 1.20. The molecule has 15 heteroatoms. The van der Waals surface area contributed by atoms with E-state index in [1.165, 1.54) is 10.4 Å². The van der Waals surface area contributed by atoms with E-state index >= 15 is 8.42 Å². The maximum Gasteiger partial charge on any atom is 0.413 e. The first-order valence-corrected chi connectivity index (χ1v) is 19.8. The first-order chi connectivity index (χ1) is 27.2. The van der Waals surface area contributed by atoms with Crippen molar-refractivity contribution in [2.24, 2.45) is 0 Å². The topological polar surface area (TPSA) is 154 Å². The van der Waals surface area contributed by atoms with Crippen LogP contribution >= 0.6 is 11.6 Å². The highest BCUT2D eigenvalue weighted by molar-refractivity contribution is 7.89. The van der Waals surface area contributed by atoms with Gasteiger partial charge >= 0.3 is 6.09 Å². The van der Waals surface area contributed by atoms with Gasteiger partial charge in [0.05, 0.1) is 37.6 Å². The first kappa shape index (κ1) is 40.7. The van der Waals surface area contributed by atoms with Gasteiger partial charge < -0.3 is 19.5 Å². The van der Waals surface area contributed by atoms with Crippen LogP contribution in [0.2, 0.25) is 5.02 Å². The molecule has 0 aliphatic rings. The Kier molecular flexibility index (Phi) is 12.5. The fourth-order valence-electron chi connectivity index (χ4n) is 5.95. The number of hydrogen-bond donors (Lipinski definition) is 2. The van der Waals surface area contributed by atoms with Crippen molar-refractivity contribution in [3.05, 3.63) is 137 Å². The van der Waals surface area contributed by atoms with Gasteiger partial charge in [0.2, 0.25) is 15.9 Å². The predicted octanol–water partition coefficient (Wildman–Crippen LogP) is 8.07. The van der Waals surface area contributed by atoms with Crippen molar-refractivity contribution in [1.29, 1.82) is 0 Å². The first-order valence-electron chi connectivity index (χ1n) is 17.9. The van der Waals surface area contributed by atoms with Gasteiger partial charge in [0.15, 0.2) is 0 Å². The minimum absolute atomic E-state index is 0.0267. The summed E-state index contributed by atoms with van der Waals surface area (Å²) in [6.07, 6.45) is 2.59. The van der Waals surface area contributed by atoms with E-state index in [0.717, 1.165) is 16.7 Å². The van der Waals surface area contributed by atoms with Crippen LogP contribution in [0.1, 0.15) is 43.0 Å². The molecule has 0 bridgehead atoms. The minimum Gasteiger partial charge on any atom is -0.497 e. The number of pyridine rings is 1. The van der Waals surface area contributed by atoms with Gasteiger partial charge in [0.1, 0.15) is 22.9 Å². The number of hydrogen-bond acceptors (Lipinski definition) is 9. The lowest BCUT2D eigenvalue weighted by Gasteiger charge is -2.23. The lowest BCUT2D eigenvalue weighted by molar-refractivity contribution is -0.115. The summed E-state index contributed by atoms with van der Waals surface area (Å²) in [6, 6.07) is 27.9. The number of rotatable bonds is 14. The largest absolute Gasteiger partial charge is 0.497 e. The SMILES string of the molecule is COc1ccc(CN(Cc2ccc(OC)cc2)S(=O)(=O)c2cc(NC(=O)Cc3ccccc3Cl)cc3nn(Cc4ccc(NC(=O)OC(C)(C)C)nc4)cc23)cc1. The maximum absolute atomic E-state index is 15.0. The van der Waals surface area contributed by atoms with Crippen LogP contribution in [-0.4, -0.2) is 59.3 Å². The molecule has 6 aromatic rings. The quantitative estimate of drug-likeness (QED) is 0.111. The van der Waals surface area contributed by atoms with Crippen LogP contribution in [0, 0.1) is 0 Å². The van der Waals surface area contributed by atoms with Gasteiger partial charge in [-0.1, -0.05) is 60.1 Å². The molecule has 0 aliphatic carbocycles. The lowest BCUT2D eigenvalue weighted by atomic mass is 10.1. The zero-order valence-electron chi connectivity index (χ0n) is 32.2. The van der Waals surface area contributed by atoms with Gasteiger partial charge in [-0.2, -0.15) is 9.40 Å². The van der Waals surface area contributed by atoms with E-state index < -0.39 is 21.7 Å². The third-order valence-corrected chi connectivity index (χ3v) is 10.9. The minimum atomic E-state index is -4.29. The molecule has 0 spiro atoms. The molecule has 2 amide bonds. The van der Waals surface area contributed by atoms with E-state index in [2.05, 4.69) is 15.6 Å². The number of carbonyl (C=O) groups is 2. The predicted molar refractivity (Wildman–Crippen MR) is 219 cm³/mol.